The van der Waals surface area contributed by atoms with Crippen molar-refractivity contribution in [1.29, 1.82) is 0 Å². The van der Waals surface area contributed by atoms with Gasteiger partial charge in [0.15, 0.2) is 0 Å². The molecular weight excluding hydrogens is 366 g/mol. The highest BCUT2D eigenvalue weighted by molar-refractivity contribution is 6.11. The Hall–Kier alpha value is -3.15. The highest BCUT2D eigenvalue weighted by Crippen LogP contribution is 2.33. The van der Waals surface area contributed by atoms with Crippen LogP contribution in [0.4, 0.5) is 5.69 Å². The number of nitrogens with one attached hydrogen (secondary N) is 1. The molecule has 4 rings (SSSR count). The molecule has 0 bridgehead atoms. The van der Waals surface area contributed by atoms with E-state index in [1.54, 1.807) is 21.9 Å². The molecule has 1 saturated heterocycles. The van der Waals surface area contributed by atoms with E-state index in [1.165, 1.54) is 0 Å². The van der Waals surface area contributed by atoms with Gasteiger partial charge in [0, 0.05) is 18.7 Å². The normalized spacial score (nSPS) is 18.3. The minimum Gasteiger partial charge on any atom is -0.352 e. The third-order valence-electron chi connectivity index (χ3n) is 5.56. The molecule has 29 heavy (non-hydrogen) atoms. The second-order valence-corrected chi connectivity index (χ2v) is 7.55. The monoisotopic (exact) mass is 391 g/mol. The standard InChI is InChI=1S/C23H25N3O3/c1-2-12-24-21(27)17-8-5-7-16(14-17)15-26-19-10-4-3-9-18(19)22(28)25-13-6-11-20(25)23(26)29/h3-5,7-10,14,20H,2,6,11-13,15H2,1H3,(H,24,27)/t20-/m1/s1. The van der Waals surface area contributed by atoms with Crippen LogP contribution in [0.3, 0.4) is 0 Å². The Morgan fingerprint density at radius 3 is 2.79 bits per heavy atom. The van der Waals surface area contributed by atoms with Crippen LogP contribution in [-0.4, -0.2) is 41.8 Å². The van der Waals surface area contributed by atoms with Crippen molar-refractivity contribution in [3.63, 3.8) is 0 Å². The zero-order chi connectivity index (χ0) is 20.4. The van der Waals surface area contributed by atoms with Gasteiger partial charge in [0.2, 0.25) is 5.91 Å². The molecule has 0 aliphatic carbocycles. The van der Waals surface area contributed by atoms with E-state index in [-0.39, 0.29) is 17.7 Å². The lowest BCUT2D eigenvalue weighted by Crippen LogP contribution is -2.44. The third-order valence-corrected chi connectivity index (χ3v) is 5.56. The van der Waals surface area contributed by atoms with E-state index in [4.69, 9.17) is 0 Å². The first kappa shape index (κ1) is 19.2. The van der Waals surface area contributed by atoms with Crippen LogP contribution in [0.2, 0.25) is 0 Å². The highest BCUT2D eigenvalue weighted by atomic mass is 16.2. The minimum atomic E-state index is -0.411. The number of hydrogen-bond acceptors (Lipinski definition) is 3. The summed E-state index contributed by atoms with van der Waals surface area (Å²) >= 11 is 0. The summed E-state index contributed by atoms with van der Waals surface area (Å²) in [6, 6.07) is 14.2. The quantitative estimate of drug-likeness (QED) is 0.852. The summed E-state index contributed by atoms with van der Waals surface area (Å²) in [5.41, 5.74) is 2.63. The smallest absolute Gasteiger partial charge is 0.256 e. The number of carbonyl (C=O) groups is 3. The van der Waals surface area contributed by atoms with Crippen molar-refractivity contribution in [3.8, 4) is 0 Å². The van der Waals surface area contributed by atoms with Crippen LogP contribution in [0.5, 0.6) is 0 Å². The molecule has 2 aliphatic heterocycles. The Bertz CT molecular complexity index is 956. The molecule has 2 aliphatic rings. The molecular formula is C23H25N3O3. The van der Waals surface area contributed by atoms with Gasteiger partial charge in [-0.2, -0.15) is 0 Å². The number of hydrogen-bond donors (Lipinski definition) is 1. The predicted molar refractivity (Wildman–Crippen MR) is 111 cm³/mol. The average molecular weight is 391 g/mol. The van der Waals surface area contributed by atoms with Crippen LogP contribution in [-0.2, 0) is 11.3 Å². The second kappa shape index (κ2) is 8.07. The predicted octanol–water partition coefficient (Wildman–Crippen LogP) is 2.98. The van der Waals surface area contributed by atoms with E-state index in [0.29, 0.717) is 42.9 Å². The lowest BCUT2D eigenvalue weighted by Gasteiger charge is -2.26. The molecule has 1 atom stereocenters. The van der Waals surface area contributed by atoms with Gasteiger partial charge in [-0.1, -0.05) is 31.2 Å². The number of rotatable bonds is 5. The molecule has 2 aromatic rings. The molecule has 6 nitrogen and oxygen atoms in total. The van der Waals surface area contributed by atoms with Crippen LogP contribution >= 0.6 is 0 Å². The third kappa shape index (κ3) is 3.62. The number of amides is 3. The van der Waals surface area contributed by atoms with Gasteiger partial charge in [0.1, 0.15) is 6.04 Å². The number of anilines is 1. The molecule has 2 aromatic carbocycles. The molecule has 2 heterocycles. The molecule has 0 aromatic heterocycles. The number of carbonyl (C=O) groups excluding carboxylic acids is 3. The van der Waals surface area contributed by atoms with Gasteiger partial charge in [-0.05, 0) is 49.1 Å². The second-order valence-electron chi connectivity index (χ2n) is 7.55. The van der Waals surface area contributed by atoms with Crippen LogP contribution in [0.15, 0.2) is 48.5 Å². The first-order chi connectivity index (χ1) is 14.1. The van der Waals surface area contributed by atoms with Crippen molar-refractivity contribution in [2.75, 3.05) is 18.0 Å². The highest BCUT2D eigenvalue weighted by Gasteiger charge is 2.41. The van der Waals surface area contributed by atoms with Gasteiger partial charge in [-0.15, -0.1) is 0 Å². The van der Waals surface area contributed by atoms with Crippen molar-refractivity contribution in [1.82, 2.24) is 10.2 Å². The molecule has 150 valence electrons. The van der Waals surface area contributed by atoms with Crippen molar-refractivity contribution in [2.45, 2.75) is 38.8 Å². The summed E-state index contributed by atoms with van der Waals surface area (Å²) in [6.07, 6.45) is 2.40. The Balaban J connectivity index is 1.67. The van der Waals surface area contributed by atoms with E-state index in [2.05, 4.69) is 5.32 Å². The number of para-hydroxylation sites is 1. The van der Waals surface area contributed by atoms with E-state index >= 15 is 0 Å². The SMILES string of the molecule is CCCNC(=O)c1cccc(CN2C(=O)[C@H]3CCCN3C(=O)c3ccccc32)c1. The summed E-state index contributed by atoms with van der Waals surface area (Å²) in [6.45, 7) is 3.57. The topological polar surface area (TPSA) is 69.7 Å². The van der Waals surface area contributed by atoms with Crippen molar-refractivity contribution in [2.24, 2.45) is 0 Å². The molecule has 0 spiro atoms. The number of fused-ring (bicyclic) bond motifs is 2. The first-order valence-electron chi connectivity index (χ1n) is 10.2. The largest absolute Gasteiger partial charge is 0.352 e. The summed E-state index contributed by atoms with van der Waals surface area (Å²) < 4.78 is 0. The number of nitrogens with zero attached hydrogens (tertiary/aromatic N) is 2. The summed E-state index contributed by atoms with van der Waals surface area (Å²) in [5, 5.41) is 2.88. The molecule has 0 saturated carbocycles. The van der Waals surface area contributed by atoms with Crippen LogP contribution in [0.25, 0.3) is 0 Å². The molecule has 6 heteroatoms. The minimum absolute atomic E-state index is 0.0540. The van der Waals surface area contributed by atoms with Crippen LogP contribution in [0.1, 0.15) is 52.5 Å². The van der Waals surface area contributed by atoms with E-state index in [0.717, 1.165) is 18.4 Å². The van der Waals surface area contributed by atoms with Gasteiger partial charge < -0.3 is 15.1 Å². The summed E-state index contributed by atoms with van der Waals surface area (Å²) in [5.74, 6) is -0.248. The summed E-state index contributed by atoms with van der Waals surface area (Å²) in [4.78, 5) is 42.1. The van der Waals surface area contributed by atoms with Gasteiger partial charge in [0.05, 0.1) is 17.8 Å². The Kier molecular flexibility index (Phi) is 5.34. The fourth-order valence-electron chi connectivity index (χ4n) is 4.11. The van der Waals surface area contributed by atoms with Gasteiger partial charge >= 0.3 is 0 Å². The van der Waals surface area contributed by atoms with Crippen molar-refractivity contribution >= 4 is 23.4 Å². The first-order valence-corrected chi connectivity index (χ1v) is 10.2. The van der Waals surface area contributed by atoms with E-state index in [1.807, 2.05) is 43.3 Å². The van der Waals surface area contributed by atoms with E-state index in [9.17, 15) is 14.4 Å². The molecule has 3 amide bonds. The van der Waals surface area contributed by atoms with Gasteiger partial charge in [-0.3, -0.25) is 14.4 Å². The molecule has 1 fully saturated rings. The van der Waals surface area contributed by atoms with E-state index < -0.39 is 6.04 Å². The Morgan fingerprint density at radius 2 is 1.97 bits per heavy atom. The fourth-order valence-corrected chi connectivity index (χ4v) is 4.11. The molecule has 1 N–H and O–H groups in total. The lowest BCUT2D eigenvalue weighted by molar-refractivity contribution is -0.122. The zero-order valence-corrected chi connectivity index (χ0v) is 16.6. The Morgan fingerprint density at radius 1 is 1.14 bits per heavy atom. The lowest BCUT2D eigenvalue weighted by atomic mass is 10.1. The molecule has 0 unspecified atom stereocenters. The fraction of sp³-hybridized carbons (Fsp3) is 0.348. The average Bonchev–Trinajstić information content (AvgIpc) is 3.22. The van der Waals surface area contributed by atoms with Crippen LogP contribution in [0, 0.1) is 0 Å². The molecule has 0 radical (unpaired) electrons. The maximum absolute atomic E-state index is 13.4. The van der Waals surface area contributed by atoms with Crippen molar-refractivity contribution in [3.05, 3.63) is 65.2 Å². The zero-order valence-electron chi connectivity index (χ0n) is 16.6. The van der Waals surface area contributed by atoms with Crippen LogP contribution < -0.4 is 10.2 Å². The van der Waals surface area contributed by atoms with Crippen molar-refractivity contribution < 1.29 is 14.4 Å². The maximum atomic E-state index is 13.4. The maximum Gasteiger partial charge on any atom is 0.256 e. The number of benzene rings is 2. The van der Waals surface area contributed by atoms with Gasteiger partial charge in [-0.25, -0.2) is 0 Å². The summed E-state index contributed by atoms with van der Waals surface area (Å²) in [7, 11) is 0. The van der Waals surface area contributed by atoms with Gasteiger partial charge in [0.25, 0.3) is 11.8 Å². The Labute approximate surface area is 170 Å².